The van der Waals surface area contributed by atoms with Crippen molar-refractivity contribution in [3.8, 4) is 0 Å². The lowest BCUT2D eigenvalue weighted by molar-refractivity contribution is -0.123. The van der Waals surface area contributed by atoms with Crippen LogP contribution < -0.4 is 5.32 Å². The van der Waals surface area contributed by atoms with Crippen LogP contribution in [0.4, 0.5) is 0 Å². The number of amides is 1. The van der Waals surface area contributed by atoms with E-state index in [1.165, 1.54) is 5.56 Å². The zero-order valence-electron chi connectivity index (χ0n) is 15.9. The molecule has 0 radical (unpaired) electrons. The molecule has 2 aromatic rings. The van der Waals surface area contributed by atoms with E-state index < -0.39 is 0 Å². The summed E-state index contributed by atoms with van der Waals surface area (Å²) in [7, 11) is 0. The molecule has 0 spiro atoms. The quantitative estimate of drug-likeness (QED) is 0.793. The monoisotopic (exact) mass is 385 g/mol. The Kier molecular flexibility index (Phi) is 7.27. The maximum atomic E-state index is 12.4. The lowest BCUT2D eigenvalue weighted by atomic mass is 10.1. The normalized spacial score (nSPS) is 16.8. The molecule has 5 heteroatoms. The molecule has 3 rings (SSSR count). The molecule has 1 atom stereocenters. The van der Waals surface area contributed by atoms with E-state index in [9.17, 15) is 4.79 Å². The maximum absolute atomic E-state index is 12.4. The van der Waals surface area contributed by atoms with Gasteiger partial charge in [-0.25, -0.2) is 0 Å². The zero-order valence-corrected chi connectivity index (χ0v) is 16.7. The summed E-state index contributed by atoms with van der Waals surface area (Å²) in [4.78, 5) is 17.1. The molecule has 1 aliphatic heterocycles. The van der Waals surface area contributed by atoms with E-state index in [1.807, 2.05) is 31.2 Å². The fraction of sp³-hybridized carbons (Fsp3) is 0.409. The van der Waals surface area contributed by atoms with Crippen LogP contribution >= 0.6 is 11.6 Å². The number of hydrogen-bond donors (Lipinski definition) is 1. The highest BCUT2D eigenvalue weighted by atomic mass is 35.5. The number of piperazine rings is 1. The number of hydrogen-bond acceptors (Lipinski definition) is 3. The molecule has 0 aromatic heterocycles. The minimum absolute atomic E-state index is 0.0557. The Balaban J connectivity index is 1.38. The molecule has 1 unspecified atom stereocenters. The summed E-state index contributed by atoms with van der Waals surface area (Å²) < 4.78 is 0. The fourth-order valence-electron chi connectivity index (χ4n) is 3.50. The number of halogens is 1. The van der Waals surface area contributed by atoms with Gasteiger partial charge in [-0.05, 0) is 30.5 Å². The van der Waals surface area contributed by atoms with Crippen LogP contribution in [0.5, 0.6) is 0 Å². The molecule has 1 N–H and O–H groups in total. The Labute approximate surface area is 167 Å². The van der Waals surface area contributed by atoms with Gasteiger partial charge >= 0.3 is 0 Å². The van der Waals surface area contributed by atoms with Gasteiger partial charge in [0.25, 0.3) is 0 Å². The molecular formula is C22H28ClN3O. The predicted molar refractivity (Wildman–Crippen MR) is 111 cm³/mol. The van der Waals surface area contributed by atoms with E-state index in [-0.39, 0.29) is 11.9 Å². The summed E-state index contributed by atoms with van der Waals surface area (Å²) in [6.45, 7) is 7.39. The zero-order chi connectivity index (χ0) is 19.1. The summed E-state index contributed by atoms with van der Waals surface area (Å²) in [6, 6.07) is 18.2. The second-order valence-electron chi connectivity index (χ2n) is 7.16. The van der Waals surface area contributed by atoms with Crippen molar-refractivity contribution in [3.05, 3.63) is 70.7 Å². The van der Waals surface area contributed by atoms with Gasteiger partial charge in [-0.1, -0.05) is 60.1 Å². The van der Waals surface area contributed by atoms with Gasteiger partial charge in [0.15, 0.2) is 0 Å². The first-order chi connectivity index (χ1) is 13.1. The van der Waals surface area contributed by atoms with Crippen molar-refractivity contribution in [3.63, 3.8) is 0 Å². The van der Waals surface area contributed by atoms with Gasteiger partial charge in [0.2, 0.25) is 5.91 Å². The van der Waals surface area contributed by atoms with Crippen LogP contribution in [0.2, 0.25) is 5.02 Å². The van der Waals surface area contributed by atoms with Crippen LogP contribution in [-0.4, -0.2) is 55.0 Å². The first kappa shape index (κ1) is 19.9. The van der Waals surface area contributed by atoms with Gasteiger partial charge in [-0.3, -0.25) is 9.69 Å². The number of nitrogens with zero attached hydrogens (tertiary/aromatic N) is 2. The second-order valence-corrected chi connectivity index (χ2v) is 7.57. The minimum Gasteiger partial charge on any atom is -0.348 e. The number of benzene rings is 2. The lowest BCUT2D eigenvalue weighted by Gasteiger charge is -2.34. The Morgan fingerprint density at radius 3 is 2.33 bits per heavy atom. The standard InChI is InChI=1S/C22H28ClN3O/c1-18(20-9-5-6-10-21(20)23)24-22(27)17-26-15-13-25(14-16-26)12-11-19-7-3-2-4-8-19/h2-10,18H,11-17H2,1H3,(H,24,27). The Hall–Kier alpha value is -1.88. The summed E-state index contributed by atoms with van der Waals surface area (Å²) >= 11 is 6.22. The van der Waals surface area contributed by atoms with E-state index in [0.717, 1.165) is 44.7 Å². The van der Waals surface area contributed by atoms with Crippen molar-refractivity contribution in [2.45, 2.75) is 19.4 Å². The van der Waals surface area contributed by atoms with Crippen LogP contribution in [0.1, 0.15) is 24.1 Å². The molecule has 1 aliphatic rings. The highest BCUT2D eigenvalue weighted by Crippen LogP contribution is 2.22. The van der Waals surface area contributed by atoms with E-state index in [4.69, 9.17) is 11.6 Å². The molecule has 0 aliphatic carbocycles. The van der Waals surface area contributed by atoms with Crippen molar-refractivity contribution in [2.24, 2.45) is 0 Å². The van der Waals surface area contributed by atoms with Gasteiger partial charge in [-0.2, -0.15) is 0 Å². The molecule has 27 heavy (non-hydrogen) atoms. The summed E-state index contributed by atoms with van der Waals surface area (Å²) in [5.41, 5.74) is 2.34. The minimum atomic E-state index is -0.0849. The average molecular weight is 386 g/mol. The van der Waals surface area contributed by atoms with Crippen molar-refractivity contribution in [2.75, 3.05) is 39.3 Å². The highest BCUT2D eigenvalue weighted by molar-refractivity contribution is 6.31. The summed E-state index contributed by atoms with van der Waals surface area (Å²) in [6.07, 6.45) is 1.08. The molecule has 1 saturated heterocycles. The van der Waals surface area contributed by atoms with Crippen molar-refractivity contribution in [1.29, 1.82) is 0 Å². The third-order valence-electron chi connectivity index (χ3n) is 5.14. The van der Waals surface area contributed by atoms with Gasteiger partial charge in [0.1, 0.15) is 0 Å². The van der Waals surface area contributed by atoms with Crippen molar-refractivity contribution < 1.29 is 4.79 Å². The summed E-state index contributed by atoms with van der Waals surface area (Å²) in [5, 5.41) is 3.76. The highest BCUT2D eigenvalue weighted by Gasteiger charge is 2.20. The molecule has 0 saturated carbocycles. The molecule has 1 fully saturated rings. The number of nitrogens with one attached hydrogen (secondary N) is 1. The number of carbonyl (C=O) groups excluding carboxylic acids is 1. The fourth-order valence-corrected chi connectivity index (χ4v) is 3.80. The van der Waals surface area contributed by atoms with Gasteiger partial charge < -0.3 is 10.2 Å². The van der Waals surface area contributed by atoms with E-state index in [0.29, 0.717) is 11.6 Å². The SMILES string of the molecule is CC(NC(=O)CN1CCN(CCc2ccccc2)CC1)c1ccccc1Cl. The van der Waals surface area contributed by atoms with Crippen LogP contribution in [0, 0.1) is 0 Å². The van der Waals surface area contributed by atoms with Gasteiger partial charge in [0.05, 0.1) is 12.6 Å². The van der Waals surface area contributed by atoms with Crippen molar-refractivity contribution >= 4 is 17.5 Å². The molecule has 0 bridgehead atoms. The second kappa shape index (κ2) is 9.88. The first-order valence-corrected chi connectivity index (χ1v) is 10.0. The average Bonchev–Trinajstić information content (AvgIpc) is 2.68. The number of carbonyl (C=O) groups is 1. The Morgan fingerprint density at radius 2 is 1.63 bits per heavy atom. The molecule has 4 nitrogen and oxygen atoms in total. The van der Waals surface area contributed by atoms with E-state index in [1.54, 1.807) is 0 Å². The Morgan fingerprint density at radius 1 is 1.00 bits per heavy atom. The predicted octanol–water partition coefficient (Wildman–Crippen LogP) is 3.38. The molecule has 144 valence electrons. The van der Waals surface area contributed by atoms with Crippen LogP contribution in [0.3, 0.4) is 0 Å². The molecule has 2 aromatic carbocycles. The third-order valence-corrected chi connectivity index (χ3v) is 5.49. The topological polar surface area (TPSA) is 35.6 Å². The maximum Gasteiger partial charge on any atom is 0.234 e. The van der Waals surface area contributed by atoms with Gasteiger partial charge in [-0.15, -0.1) is 0 Å². The molecule has 1 amide bonds. The lowest BCUT2D eigenvalue weighted by Crippen LogP contribution is -2.50. The number of rotatable bonds is 7. The van der Waals surface area contributed by atoms with Gasteiger partial charge in [0, 0.05) is 37.7 Å². The smallest absolute Gasteiger partial charge is 0.234 e. The molecular weight excluding hydrogens is 358 g/mol. The molecule has 1 heterocycles. The van der Waals surface area contributed by atoms with Crippen molar-refractivity contribution in [1.82, 2.24) is 15.1 Å². The van der Waals surface area contributed by atoms with Crippen LogP contribution in [-0.2, 0) is 11.2 Å². The first-order valence-electron chi connectivity index (χ1n) is 9.64. The third kappa shape index (κ3) is 6.06. The van der Waals surface area contributed by atoms with Crippen LogP contribution in [0.15, 0.2) is 54.6 Å². The van der Waals surface area contributed by atoms with E-state index >= 15 is 0 Å². The van der Waals surface area contributed by atoms with E-state index in [2.05, 4.69) is 45.4 Å². The summed E-state index contributed by atoms with van der Waals surface area (Å²) in [5.74, 6) is 0.0557. The van der Waals surface area contributed by atoms with Crippen LogP contribution in [0.25, 0.3) is 0 Å². The Bertz CT molecular complexity index is 729. The largest absolute Gasteiger partial charge is 0.348 e.